The van der Waals surface area contributed by atoms with E-state index >= 15 is 0 Å². The molecule has 1 aromatic rings. The van der Waals surface area contributed by atoms with Crippen molar-refractivity contribution in [2.75, 3.05) is 6.54 Å². The van der Waals surface area contributed by atoms with Crippen molar-refractivity contribution in [2.24, 2.45) is 0 Å². The van der Waals surface area contributed by atoms with E-state index in [0.717, 1.165) is 6.42 Å². The van der Waals surface area contributed by atoms with E-state index in [0.29, 0.717) is 13.0 Å². The number of carbonyl (C=O) groups excluding carboxylic acids is 2. The highest BCUT2D eigenvalue weighted by Gasteiger charge is 2.25. The second-order valence-corrected chi connectivity index (χ2v) is 4.58. The average Bonchev–Trinajstić information content (AvgIpc) is 2.35. The Hall–Kier alpha value is -1.40. The summed E-state index contributed by atoms with van der Waals surface area (Å²) in [5.41, 5.74) is 0.107. The van der Waals surface area contributed by atoms with Gasteiger partial charge in [0.2, 0.25) is 5.91 Å². The molecule has 1 atom stereocenters. The molecule has 6 nitrogen and oxygen atoms in total. The molecule has 8 heteroatoms. The Morgan fingerprint density at radius 1 is 1.44 bits per heavy atom. The van der Waals surface area contributed by atoms with E-state index in [1.165, 1.54) is 6.07 Å². The van der Waals surface area contributed by atoms with Crippen molar-refractivity contribution >= 4 is 35.0 Å². The van der Waals surface area contributed by atoms with Crippen molar-refractivity contribution in [1.29, 1.82) is 0 Å². The van der Waals surface area contributed by atoms with Crippen molar-refractivity contribution < 1.29 is 9.59 Å². The molecule has 0 spiro atoms. The summed E-state index contributed by atoms with van der Waals surface area (Å²) in [6.07, 6.45) is 1.42. The highest BCUT2D eigenvalue weighted by atomic mass is 35.5. The van der Waals surface area contributed by atoms with Crippen LogP contribution in [0.2, 0.25) is 10.3 Å². The number of rotatable bonds is 2. The summed E-state index contributed by atoms with van der Waals surface area (Å²) >= 11 is 11.4. The quantitative estimate of drug-likeness (QED) is 0.843. The normalized spacial score (nSPS) is 19.2. The zero-order valence-corrected chi connectivity index (χ0v) is 10.8. The van der Waals surface area contributed by atoms with Crippen LogP contribution in [0.3, 0.4) is 0 Å². The van der Waals surface area contributed by atoms with Crippen LogP contribution < -0.4 is 10.6 Å². The zero-order chi connectivity index (χ0) is 13.1. The van der Waals surface area contributed by atoms with Crippen LogP contribution in [-0.2, 0) is 4.79 Å². The van der Waals surface area contributed by atoms with Crippen molar-refractivity contribution in [1.82, 2.24) is 20.8 Å². The molecule has 1 saturated heterocycles. The maximum atomic E-state index is 11.9. The fourth-order valence-electron chi connectivity index (χ4n) is 1.66. The lowest BCUT2D eigenvalue weighted by atomic mass is 10.1. The summed E-state index contributed by atoms with van der Waals surface area (Å²) < 4.78 is 0. The lowest BCUT2D eigenvalue weighted by Gasteiger charge is -2.22. The van der Waals surface area contributed by atoms with Crippen LogP contribution >= 0.6 is 23.2 Å². The first-order chi connectivity index (χ1) is 8.58. The first-order valence-electron chi connectivity index (χ1n) is 5.35. The summed E-state index contributed by atoms with van der Waals surface area (Å²) in [7, 11) is 0. The number of piperidine rings is 1. The van der Waals surface area contributed by atoms with Gasteiger partial charge in [0.05, 0.1) is 5.56 Å². The molecule has 0 aliphatic carbocycles. The lowest BCUT2D eigenvalue weighted by Crippen LogP contribution is -2.50. The van der Waals surface area contributed by atoms with Gasteiger partial charge in [0, 0.05) is 6.54 Å². The molecule has 2 heterocycles. The van der Waals surface area contributed by atoms with Crippen LogP contribution in [0.25, 0.3) is 0 Å². The fraction of sp³-hybridized carbons (Fsp3) is 0.400. The predicted octanol–water partition coefficient (Wildman–Crippen LogP) is 0.792. The highest BCUT2D eigenvalue weighted by molar-refractivity contribution is 6.34. The summed E-state index contributed by atoms with van der Waals surface area (Å²) in [6.45, 7) is 0.634. The number of halogens is 2. The molecule has 2 N–H and O–H groups in total. The maximum absolute atomic E-state index is 11.9. The lowest BCUT2D eigenvalue weighted by molar-refractivity contribution is -0.124. The molecule has 0 radical (unpaired) electrons. The molecule has 1 unspecified atom stereocenters. The summed E-state index contributed by atoms with van der Waals surface area (Å²) in [5.74, 6) is -0.683. The molecule has 1 aliphatic rings. The second-order valence-electron chi connectivity index (χ2n) is 3.83. The van der Waals surface area contributed by atoms with Gasteiger partial charge in [-0.2, -0.15) is 0 Å². The van der Waals surface area contributed by atoms with E-state index < -0.39 is 11.9 Å². The second kappa shape index (κ2) is 5.49. The molecule has 18 heavy (non-hydrogen) atoms. The number of hydrogen-bond acceptors (Lipinski definition) is 4. The monoisotopic (exact) mass is 288 g/mol. The van der Waals surface area contributed by atoms with Crippen molar-refractivity contribution in [2.45, 2.75) is 18.9 Å². The SMILES string of the molecule is O=C(NC1CCCNC1=O)c1cc(Cl)nnc1Cl. The van der Waals surface area contributed by atoms with Crippen LogP contribution in [0.5, 0.6) is 0 Å². The Labute approximate surface area is 113 Å². The van der Waals surface area contributed by atoms with E-state index in [9.17, 15) is 9.59 Å². The van der Waals surface area contributed by atoms with Gasteiger partial charge in [-0.05, 0) is 18.9 Å². The van der Waals surface area contributed by atoms with Gasteiger partial charge in [-0.25, -0.2) is 0 Å². The zero-order valence-electron chi connectivity index (χ0n) is 9.24. The average molecular weight is 289 g/mol. The van der Waals surface area contributed by atoms with Gasteiger partial charge in [-0.3, -0.25) is 9.59 Å². The van der Waals surface area contributed by atoms with Gasteiger partial charge in [0.1, 0.15) is 6.04 Å². The number of nitrogens with zero attached hydrogens (tertiary/aromatic N) is 2. The molecule has 0 aromatic carbocycles. The Bertz CT molecular complexity index is 495. The number of hydrogen-bond donors (Lipinski definition) is 2. The predicted molar refractivity (Wildman–Crippen MR) is 65.5 cm³/mol. The smallest absolute Gasteiger partial charge is 0.255 e. The van der Waals surface area contributed by atoms with Gasteiger partial charge in [-0.15, -0.1) is 10.2 Å². The minimum Gasteiger partial charge on any atom is -0.354 e. The summed E-state index contributed by atoms with van der Waals surface area (Å²) in [4.78, 5) is 23.4. The minimum absolute atomic E-state index is 0.0480. The van der Waals surface area contributed by atoms with Gasteiger partial charge < -0.3 is 10.6 Å². The third-order valence-corrected chi connectivity index (χ3v) is 3.02. The molecule has 2 amide bonds. The molecular weight excluding hydrogens is 279 g/mol. The first kappa shape index (κ1) is 13.0. The number of amides is 2. The Kier molecular flexibility index (Phi) is 3.98. The molecule has 96 valence electrons. The molecule has 1 fully saturated rings. The first-order valence-corrected chi connectivity index (χ1v) is 6.11. The van der Waals surface area contributed by atoms with Crippen molar-refractivity contribution in [3.63, 3.8) is 0 Å². The van der Waals surface area contributed by atoms with Crippen molar-refractivity contribution in [3.8, 4) is 0 Å². The van der Waals surface area contributed by atoms with Gasteiger partial charge in [0.15, 0.2) is 10.3 Å². The van der Waals surface area contributed by atoms with E-state index in [1.54, 1.807) is 0 Å². The minimum atomic E-state index is -0.547. The molecule has 1 aliphatic heterocycles. The third-order valence-electron chi connectivity index (χ3n) is 2.55. The maximum Gasteiger partial charge on any atom is 0.255 e. The van der Waals surface area contributed by atoms with Gasteiger partial charge >= 0.3 is 0 Å². The third kappa shape index (κ3) is 2.88. The van der Waals surface area contributed by atoms with Crippen LogP contribution in [0.15, 0.2) is 6.07 Å². The van der Waals surface area contributed by atoms with Crippen molar-refractivity contribution in [3.05, 3.63) is 21.9 Å². The van der Waals surface area contributed by atoms with Gasteiger partial charge in [-0.1, -0.05) is 23.2 Å². The van der Waals surface area contributed by atoms with Gasteiger partial charge in [0.25, 0.3) is 5.91 Å². The van der Waals surface area contributed by atoms with E-state index in [-0.39, 0.29) is 21.8 Å². The van der Waals surface area contributed by atoms with Crippen LogP contribution in [0, 0.1) is 0 Å². The summed E-state index contributed by atoms with van der Waals surface area (Å²) in [5, 5.41) is 12.3. The van der Waals surface area contributed by atoms with E-state index in [1.807, 2.05) is 0 Å². The molecule has 1 aromatic heterocycles. The Balaban J connectivity index is 2.11. The molecule has 0 saturated carbocycles. The molecule has 2 rings (SSSR count). The Morgan fingerprint density at radius 2 is 2.22 bits per heavy atom. The molecule has 0 bridgehead atoms. The number of nitrogens with one attached hydrogen (secondary N) is 2. The standard InChI is InChI=1S/C10H10Cl2N4O2/c11-7-4-5(8(12)16-15-7)9(17)14-6-2-1-3-13-10(6)18/h4,6H,1-3H2,(H,13,18)(H,14,17). The topological polar surface area (TPSA) is 84.0 Å². The summed E-state index contributed by atoms with van der Waals surface area (Å²) in [6, 6.07) is 0.765. The number of aromatic nitrogens is 2. The van der Waals surface area contributed by atoms with E-state index in [4.69, 9.17) is 23.2 Å². The van der Waals surface area contributed by atoms with Crippen LogP contribution in [0.4, 0.5) is 0 Å². The molecular formula is C10H10Cl2N4O2. The largest absolute Gasteiger partial charge is 0.354 e. The fourth-order valence-corrected chi connectivity index (χ4v) is 1.98. The van der Waals surface area contributed by atoms with E-state index in [2.05, 4.69) is 20.8 Å². The number of carbonyl (C=O) groups is 2. The van der Waals surface area contributed by atoms with Crippen LogP contribution in [0.1, 0.15) is 23.2 Å². The Morgan fingerprint density at radius 3 is 2.94 bits per heavy atom. The van der Waals surface area contributed by atoms with Crippen LogP contribution in [-0.4, -0.2) is 34.6 Å². The highest BCUT2D eigenvalue weighted by Crippen LogP contribution is 2.16.